The number of thiophene rings is 1. The van der Waals surface area contributed by atoms with E-state index in [-0.39, 0.29) is 11.5 Å². The highest BCUT2D eigenvalue weighted by molar-refractivity contribution is 7.19. The molecule has 0 aliphatic carbocycles. The number of nitrogens with one attached hydrogen (secondary N) is 1. The van der Waals surface area contributed by atoms with Gasteiger partial charge in [0.15, 0.2) is 0 Å². The summed E-state index contributed by atoms with van der Waals surface area (Å²) in [5, 5.41) is 15.2. The number of aryl methyl sites for hydroxylation is 2. The molecule has 1 N–H and O–H groups in total. The molecule has 0 unspecified atom stereocenters. The first-order valence-corrected chi connectivity index (χ1v) is 9.28. The lowest BCUT2D eigenvalue weighted by Crippen LogP contribution is -1.99. The molecule has 0 aliphatic rings. The predicted octanol–water partition coefficient (Wildman–Crippen LogP) is 5.77. The van der Waals surface area contributed by atoms with E-state index in [2.05, 4.69) is 15.3 Å². The van der Waals surface area contributed by atoms with Gasteiger partial charge < -0.3 is 5.32 Å². The molecule has 0 fully saturated rings. The molecule has 4 aromatic rings. The Morgan fingerprint density at radius 2 is 1.86 bits per heavy atom. The fraction of sp³-hybridized carbons (Fsp3) is 0.100. The third kappa shape index (κ3) is 3.18. The van der Waals surface area contributed by atoms with Crippen molar-refractivity contribution in [2.45, 2.75) is 13.8 Å². The summed E-state index contributed by atoms with van der Waals surface area (Å²) >= 11 is 1.52. The number of halogens is 1. The van der Waals surface area contributed by atoms with Crippen LogP contribution >= 0.6 is 11.3 Å². The molecular weight excluding hydrogens is 379 g/mol. The maximum atomic E-state index is 13.4. The van der Waals surface area contributed by atoms with Gasteiger partial charge in [0, 0.05) is 28.3 Å². The van der Waals surface area contributed by atoms with Crippen LogP contribution in [0.1, 0.15) is 10.4 Å². The van der Waals surface area contributed by atoms with E-state index >= 15 is 0 Å². The van der Waals surface area contributed by atoms with Gasteiger partial charge in [0.05, 0.1) is 10.3 Å². The third-order valence-electron chi connectivity index (χ3n) is 4.48. The molecule has 140 valence electrons. The van der Waals surface area contributed by atoms with E-state index in [1.165, 1.54) is 41.9 Å². The van der Waals surface area contributed by atoms with Gasteiger partial charge in [-0.15, -0.1) is 11.3 Å². The molecule has 4 rings (SSSR count). The van der Waals surface area contributed by atoms with Gasteiger partial charge in [-0.1, -0.05) is 18.2 Å². The first-order valence-electron chi connectivity index (χ1n) is 8.46. The normalized spacial score (nSPS) is 11.0. The zero-order valence-electron chi connectivity index (χ0n) is 15.1. The number of nitrogens with zero attached hydrogens (tertiary/aromatic N) is 3. The van der Waals surface area contributed by atoms with E-state index in [0.29, 0.717) is 11.5 Å². The van der Waals surface area contributed by atoms with E-state index in [0.717, 1.165) is 31.8 Å². The fourth-order valence-electron chi connectivity index (χ4n) is 3.09. The molecule has 0 saturated carbocycles. The Hall–Kier alpha value is -3.39. The van der Waals surface area contributed by atoms with Gasteiger partial charge in [-0.25, -0.2) is 14.4 Å². The minimum atomic E-state index is -0.432. The summed E-state index contributed by atoms with van der Waals surface area (Å²) < 4.78 is 13.4. The van der Waals surface area contributed by atoms with Gasteiger partial charge >= 0.3 is 0 Å². The minimum Gasteiger partial charge on any atom is -0.339 e. The highest BCUT2D eigenvalue weighted by Gasteiger charge is 2.18. The molecule has 28 heavy (non-hydrogen) atoms. The molecule has 6 nitrogen and oxygen atoms in total. The maximum absolute atomic E-state index is 13.4. The molecule has 2 heterocycles. The average molecular weight is 394 g/mol. The van der Waals surface area contributed by atoms with Crippen LogP contribution in [0.2, 0.25) is 0 Å². The molecule has 0 radical (unpaired) electrons. The van der Waals surface area contributed by atoms with Crippen molar-refractivity contribution in [1.82, 2.24) is 9.97 Å². The van der Waals surface area contributed by atoms with Crippen molar-refractivity contribution in [2.75, 3.05) is 5.32 Å². The van der Waals surface area contributed by atoms with Crippen LogP contribution < -0.4 is 5.32 Å². The second-order valence-electron chi connectivity index (χ2n) is 6.32. The summed E-state index contributed by atoms with van der Waals surface area (Å²) in [7, 11) is 0. The number of nitro groups is 1. The number of nitro benzene ring substituents is 1. The van der Waals surface area contributed by atoms with Crippen LogP contribution in [0.4, 0.5) is 21.6 Å². The van der Waals surface area contributed by atoms with E-state index in [1.807, 2.05) is 13.8 Å². The monoisotopic (exact) mass is 394 g/mol. The third-order valence-corrected chi connectivity index (χ3v) is 5.50. The van der Waals surface area contributed by atoms with Gasteiger partial charge in [0.1, 0.15) is 22.8 Å². The first-order chi connectivity index (χ1) is 13.4. The number of non-ortho nitro benzene ring substituents is 1. The maximum Gasteiger partial charge on any atom is 0.271 e. The van der Waals surface area contributed by atoms with E-state index in [4.69, 9.17) is 0 Å². The summed E-state index contributed by atoms with van der Waals surface area (Å²) in [4.78, 5) is 21.2. The van der Waals surface area contributed by atoms with Gasteiger partial charge in [0.25, 0.3) is 5.69 Å². The van der Waals surface area contributed by atoms with Crippen molar-refractivity contribution in [2.24, 2.45) is 0 Å². The largest absolute Gasteiger partial charge is 0.339 e. The molecule has 0 aliphatic heterocycles. The van der Waals surface area contributed by atoms with Crippen molar-refractivity contribution in [3.05, 3.63) is 75.2 Å². The van der Waals surface area contributed by atoms with Crippen molar-refractivity contribution < 1.29 is 9.31 Å². The quantitative estimate of drug-likeness (QED) is 0.351. The Bertz CT molecular complexity index is 1210. The molecule has 0 atom stereocenters. The molecule has 8 heteroatoms. The Kier molecular flexibility index (Phi) is 4.48. The summed E-state index contributed by atoms with van der Waals surface area (Å²) in [5.41, 5.74) is 3.24. The number of anilines is 2. The second kappa shape index (κ2) is 6.97. The molecule has 2 aromatic heterocycles. The Labute approximate surface area is 163 Å². The molecule has 0 spiro atoms. The molecular formula is C20H15FN4O2S. The van der Waals surface area contributed by atoms with Crippen LogP contribution in [0.25, 0.3) is 21.3 Å². The number of aromatic nitrogens is 2. The molecule has 0 bridgehead atoms. The molecule has 0 amide bonds. The van der Waals surface area contributed by atoms with Crippen LogP contribution in [0.15, 0.2) is 48.8 Å². The van der Waals surface area contributed by atoms with E-state index in [9.17, 15) is 14.5 Å². The summed E-state index contributed by atoms with van der Waals surface area (Å²) in [6, 6.07) is 10.9. The van der Waals surface area contributed by atoms with E-state index in [1.54, 1.807) is 18.2 Å². The Morgan fingerprint density at radius 1 is 1.11 bits per heavy atom. The predicted molar refractivity (Wildman–Crippen MR) is 109 cm³/mol. The van der Waals surface area contributed by atoms with Crippen LogP contribution in [0, 0.1) is 29.8 Å². The van der Waals surface area contributed by atoms with Crippen molar-refractivity contribution >= 4 is 38.7 Å². The average Bonchev–Trinajstić information content (AvgIpc) is 3.01. The van der Waals surface area contributed by atoms with E-state index < -0.39 is 4.92 Å². The smallest absolute Gasteiger partial charge is 0.271 e. The Balaban J connectivity index is 1.88. The van der Waals surface area contributed by atoms with Crippen LogP contribution in [0.5, 0.6) is 0 Å². The number of benzene rings is 2. The second-order valence-corrected chi connectivity index (χ2v) is 7.53. The minimum absolute atomic E-state index is 0.00124. The highest BCUT2D eigenvalue weighted by atomic mass is 32.1. The van der Waals surface area contributed by atoms with Crippen LogP contribution in [-0.2, 0) is 0 Å². The highest BCUT2D eigenvalue weighted by Crippen LogP contribution is 2.41. The lowest BCUT2D eigenvalue weighted by molar-refractivity contribution is -0.384. The van der Waals surface area contributed by atoms with Crippen molar-refractivity contribution in [3.63, 3.8) is 0 Å². The van der Waals surface area contributed by atoms with Gasteiger partial charge in [-0.2, -0.15) is 0 Å². The SMILES string of the molecule is Cc1ccc([N+](=O)[O-])cc1Nc1ncnc2sc(C)c(-c3ccc(F)cc3)c12. The van der Waals surface area contributed by atoms with Crippen molar-refractivity contribution in [3.8, 4) is 11.1 Å². The topological polar surface area (TPSA) is 81.0 Å². The van der Waals surface area contributed by atoms with Gasteiger partial charge in [-0.05, 0) is 37.1 Å². The number of hydrogen-bond acceptors (Lipinski definition) is 6. The van der Waals surface area contributed by atoms with Crippen LogP contribution in [0.3, 0.4) is 0 Å². The number of hydrogen-bond donors (Lipinski definition) is 1. The lowest BCUT2D eigenvalue weighted by atomic mass is 10.0. The number of fused-ring (bicyclic) bond motifs is 1. The van der Waals surface area contributed by atoms with Gasteiger partial charge in [-0.3, -0.25) is 10.1 Å². The zero-order chi connectivity index (χ0) is 19.8. The lowest BCUT2D eigenvalue weighted by Gasteiger charge is -2.11. The standard InChI is InChI=1S/C20H15FN4O2S/c1-11-3-8-15(25(26)27)9-16(11)24-19-18-17(13-4-6-14(21)7-5-13)12(2)28-20(18)23-10-22-19/h3-10H,1-2H3,(H,22,23,24). The summed E-state index contributed by atoms with van der Waals surface area (Å²) in [6.07, 6.45) is 1.46. The molecule has 2 aromatic carbocycles. The Morgan fingerprint density at radius 3 is 2.57 bits per heavy atom. The first kappa shape index (κ1) is 18.0. The number of rotatable bonds is 4. The summed E-state index contributed by atoms with van der Waals surface area (Å²) in [5.74, 6) is 0.250. The summed E-state index contributed by atoms with van der Waals surface area (Å²) in [6.45, 7) is 3.84. The fourth-order valence-corrected chi connectivity index (χ4v) is 4.10. The van der Waals surface area contributed by atoms with Crippen molar-refractivity contribution in [1.29, 1.82) is 0 Å². The van der Waals surface area contributed by atoms with Gasteiger partial charge in [0.2, 0.25) is 0 Å². The zero-order valence-corrected chi connectivity index (χ0v) is 15.9. The van der Waals surface area contributed by atoms with Crippen LogP contribution in [-0.4, -0.2) is 14.9 Å². The molecule has 0 saturated heterocycles.